The third-order valence-corrected chi connectivity index (χ3v) is 4.28. The van der Waals surface area contributed by atoms with Crippen LogP contribution in [0.5, 0.6) is 0 Å². The molecule has 1 aliphatic heterocycles. The molecule has 3 unspecified atom stereocenters. The summed E-state index contributed by atoms with van der Waals surface area (Å²) in [5.41, 5.74) is 0. The van der Waals surface area contributed by atoms with Crippen molar-refractivity contribution < 1.29 is 4.21 Å². The highest BCUT2D eigenvalue weighted by Crippen LogP contribution is 2.12. The molecule has 4 heteroatoms. The van der Waals surface area contributed by atoms with Gasteiger partial charge in [0.1, 0.15) is 0 Å². The van der Waals surface area contributed by atoms with Crippen molar-refractivity contribution in [2.24, 2.45) is 5.92 Å². The summed E-state index contributed by atoms with van der Waals surface area (Å²) in [6.45, 7) is 10.1. The van der Waals surface area contributed by atoms with Gasteiger partial charge in [0.2, 0.25) is 0 Å². The molecule has 0 aromatic carbocycles. The largest absolute Gasteiger partial charge is 0.311 e. The number of piperazine rings is 1. The van der Waals surface area contributed by atoms with Crippen molar-refractivity contribution in [2.45, 2.75) is 39.3 Å². The molecule has 1 rings (SSSR count). The van der Waals surface area contributed by atoms with Crippen LogP contribution in [0, 0.1) is 5.92 Å². The summed E-state index contributed by atoms with van der Waals surface area (Å²) in [7, 11) is -0.641. The summed E-state index contributed by atoms with van der Waals surface area (Å²) < 4.78 is 11.0. The van der Waals surface area contributed by atoms with E-state index in [9.17, 15) is 4.21 Å². The van der Waals surface area contributed by atoms with Crippen molar-refractivity contribution in [3.8, 4) is 0 Å². The normalized spacial score (nSPS) is 29.6. The van der Waals surface area contributed by atoms with Crippen molar-refractivity contribution in [1.29, 1.82) is 0 Å². The molecule has 0 saturated carbocycles. The summed E-state index contributed by atoms with van der Waals surface area (Å²) in [5, 5.41) is 3.60. The molecule has 0 amide bonds. The van der Waals surface area contributed by atoms with Crippen LogP contribution < -0.4 is 5.32 Å². The second-order valence-electron chi connectivity index (χ2n) is 5.23. The van der Waals surface area contributed by atoms with Crippen molar-refractivity contribution in [1.82, 2.24) is 10.2 Å². The van der Waals surface area contributed by atoms with Gasteiger partial charge in [-0.25, -0.2) is 0 Å². The van der Waals surface area contributed by atoms with Gasteiger partial charge in [-0.1, -0.05) is 13.8 Å². The van der Waals surface area contributed by atoms with Crippen LogP contribution in [0.25, 0.3) is 0 Å². The molecule has 0 bridgehead atoms. The van der Waals surface area contributed by atoms with Crippen molar-refractivity contribution in [3.63, 3.8) is 0 Å². The first-order chi connectivity index (χ1) is 7.50. The predicted octanol–water partition coefficient (Wildman–Crippen LogP) is 1.07. The van der Waals surface area contributed by atoms with Gasteiger partial charge in [0.05, 0.1) is 0 Å². The van der Waals surface area contributed by atoms with E-state index in [-0.39, 0.29) is 0 Å². The fourth-order valence-corrected chi connectivity index (χ4v) is 2.71. The van der Waals surface area contributed by atoms with Crippen LogP contribution in [0.15, 0.2) is 0 Å². The van der Waals surface area contributed by atoms with E-state index >= 15 is 0 Å². The van der Waals surface area contributed by atoms with E-state index in [1.54, 1.807) is 6.26 Å². The average molecular weight is 246 g/mol. The summed E-state index contributed by atoms with van der Waals surface area (Å²) in [6, 6.07) is 1.23. The van der Waals surface area contributed by atoms with E-state index in [0.29, 0.717) is 18.0 Å². The van der Waals surface area contributed by atoms with E-state index in [4.69, 9.17) is 0 Å². The Balaban J connectivity index is 2.34. The Labute approximate surface area is 102 Å². The molecule has 1 saturated heterocycles. The Morgan fingerprint density at radius 1 is 1.50 bits per heavy atom. The maximum atomic E-state index is 11.0. The second kappa shape index (κ2) is 6.72. The van der Waals surface area contributed by atoms with Gasteiger partial charge < -0.3 is 5.32 Å². The van der Waals surface area contributed by atoms with Gasteiger partial charge in [-0.3, -0.25) is 9.11 Å². The zero-order valence-electron chi connectivity index (χ0n) is 11.0. The lowest BCUT2D eigenvalue weighted by Gasteiger charge is -2.40. The van der Waals surface area contributed by atoms with E-state index in [1.807, 2.05) is 0 Å². The smallest absolute Gasteiger partial charge is 0.0244 e. The van der Waals surface area contributed by atoms with Crippen LogP contribution in [0.3, 0.4) is 0 Å². The van der Waals surface area contributed by atoms with Crippen molar-refractivity contribution in [2.75, 3.05) is 31.6 Å². The van der Waals surface area contributed by atoms with Gasteiger partial charge in [-0.05, 0) is 25.8 Å². The molecule has 1 N–H and O–H groups in total. The molecule has 0 aromatic heterocycles. The van der Waals surface area contributed by atoms with Crippen LogP contribution in [-0.2, 0) is 10.8 Å². The van der Waals surface area contributed by atoms with Gasteiger partial charge in [-0.15, -0.1) is 0 Å². The minimum Gasteiger partial charge on any atom is -0.311 e. The molecule has 16 heavy (non-hydrogen) atoms. The first-order valence-electron chi connectivity index (χ1n) is 6.28. The minimum absolute atomic E-state index is 0.611. The Kier molecular flexibility index (Phi) is 5.94. The monoisotopic (exact) mass is 246 g/mol. The number of rotatable bonds is 5. The summed E-state index contributed by atoms with van der Waals surface area (Å²) in [5.74, 6) is 1.53. The lowest BCUT2D eigenvalue weighted by Crippen LogP contribution is -2.57. The first kappa shape index (κ1) is 14.1. The van der Waals surface area contributed by atoms with Gasteiger partial charge in [-0.2, -0.15) is 0 Å². The molecule has 3 nitrogen and oxygen atoms in total. The fourth-order valence-electron chi connectivity index (χ4n) is 2.18. The maximum absolute atomic E-state index is 11.0. The lowest BCUT2D eigenvalue weighted by atomic mass is 10.00. The topological polar surface area (TPSA) is 32.3 Å². The fraction of sp³-hybridized carbons (Fsp3) is 1.00. The molecule has 3 atom stereocenters. The SMILES string of the molecule is CC(C)C1CN(CCCS(C)=O)C(C)CN1. The second-order valence-corrected chi connectivity index (χ2v) is 6.79. The van der Waals surface area contributed by atoms with Crippen molar-refractivity contribution >= 4 is 10.8 Å². The highest BCUT2D eigenvalue weighted by Gasteiger charge is 2.25. The van der Waals surface area contributed by atoms with E-state index in [1.165, 1.54) is 0 Å². The molecule has 0 spiro atoms. The third kappa shape index (κ3) is 4.52. The highest BCUT2D eigenvalue weighted by molar-refractivity contribution is 7.84. The zero-order valence-corrected chi connectivity index (χ0v) is 11.8. The number of nitrogens with zero attached hydrogens (tertiary/aromatic N) is 1. The average Bonchev–Trinajstić information content (AvgIpc) is 2.20. The standard InChI is InChI=1S/C12H26N2OS/c1-10(2)12-9-14(11(3)8-13-12)6-5-7-16(4)15/h10-13H,5-9H2,1-4H3. The van der Waals surface area contributed by atoms with Gasteiger partial charge in [0.15, 0.2) is 0 Å². The molecule has 0 radical (unpaired) electrons. The zero-order chi connectivity index (χ0) is 12.1. The quantitative estimate of drug-likeness (QED) is 0.788. The molecular weight excluding hydrogens is 220 g/mol. The molecule has 0 aliphatic carbocycles. The molecule has 0 aromatic rings. The number of hydrogen-bond donors (Lipinski definition) is 1. The molecule has 1 fully saturated rings. The van der Waals surface area contributed by atoms with E-state index in [2.05, 4.69) is 31.0 Å². The molecule has 1 aliphatic rings. The first-order valence-corrected chi connectivity index (χ1v) is 8.01. The van der Waals surface area contributed by atoms with Crippen LogP contribution in [0.4, 0.5) is 0 Å². The summed E-state index contributed by atoms with van der Waals surface area (Å²) in [6.07, 6.45) is 2.84. The third-order valence-electron chi connectivity index (χ3n) is 3.41. The van der Waals surface area contributed by atoms with Crippen LogP contribution in [-0.4, -0.2) is 52.8 Å². The Morgan fingerprint density at radius 2 is 2.19 bits per heavy atom. The minimum atomic E-state index is -0.641. The van der Waals surface area contributed by atoms with Gasteiger partial charge in [0.25, 0.3) is 0 Å². The molecular formula is C12H26N2OS. The highest BCUT2D eigenvalue weighted by atomic mass is 32.2. The Bertz CT molecular complexity index is 233. The van der Waals surface area contributed by atoms with Gasteiger partial charge in [0, 0.05) is 48.0 Å². The van der Waals surface area contributed by atoms with E-state index in [0.717, 1.165) is 31.8 Å². The number of nitrogens with one attached hydrogen (secondary N) is 1. The Morgan fingerprint density at radius 3 is 2.75 bits per heavy atom. The van der Waals surface area contributed by atoms with Crippen molar-refractivity contribution in [3.05, 3.63) is 0 Å². The Hall–Kier alpha value is 0.0700. The molecule has 1 heterocycles. The molecule has 96 valence electrons. The van der Waals surface area contributed by atoms with Crippen LogP contribution in [0.2, 0.25) is 0 Å². The maximum Gasteiger partial charge on any atom is 0.0244 e. The van der Waals surface area contributed by atoms with Crippen LogP contribution >= 0.6 is 0 Å². The predicted molar refractivity (Wildman–Crippen MR) is 71.2 cm³/mol. The van der Waals surface area contributed by atoms with E-state index < -0.39 is 10.8 Å². The number of hydrogen-bond acceptors (Lipinski definition) is 3. The summed E-state index contributed by atoms with van der Waals surface area (Å²) >= 11 is 0. The lowest BCUT2D eigenvalue weighted by molar-refractivity contribution is 0.124. The summed E-state index contributed by atoms with van der Waals surface area (Å²) in [4.78, 5) is 2.54. The van der Waals surface area contributed by atoms with Gasteiger partial charge >= 0.3 is 0 Å². The van der Waals surface area contributed by atoms with Crippen LogP contribution in [0.1, 0.15) is 27.2 Å².